The number of carbonyl (C=O) groups is 2. The Balaban J connectivity index is 2.23. The van der Waals surface area contributed by atoms with E-state index in [1.54, 1.807) is 12.2 Å². The van der Waals surface area contributed by atoms with Crippen molar-refractivity contribution in [2.45, 2.75) is 12.5 Å². The number of carbonyl (C=O) groups excluding carboxylic acids is 2. The number of hydrogen-bond donors (Lipinski definition) is 1. The van der Waals surface area contributed by atoms with Gasteiger partial charge in [0.1, 0.15) is 5.92 Å². The minimum atomic E-state index is -1.32. The molecule has 0 radical (unpaired) electrons. The smallest absolute Gasteiger partial charge is 0.343 e. The normalized spacial score (nSPS) is 32.2. The minimum absolute atomic E-state index is 0.601. The molecule has 1 saturated heterocycles. The maximum Gasteiger partial charge on any atom is 0.343 e. The molecule has 13 heavy (non-hydrogen) atoms. The van der Waals surface area contributed by atoms with Crippen LogP contribution in [0.5, 0.6) is 0 Å². The molecule has 0 bridgehead atoms. The van der Waals surface area contributed by atoms with E-state index in [1.807, 2.05) is 6.08 Å². The van der Waals surface area contributed by atoms with Crippen molar-refractivity contribution < 1.29 is 19.4 Å². The highest BCUT2D eigenvalue weighted by Gasteiger charge is 2.45. The number of ether oxygens (including phenoxy) is 1. The van der Waals surface area contributed by atoms with Gasteiger partial charge in [-0.1, -0.05) is 18.2 Å². The molecular formula is C9H8O4. The van der Waals surface area contributed by atoms with Crippen LogP contribution >= 0.6 is 0 Å². The summed E-state index contributed by atoms with van der Waals surface area (Å²) in [5.74, 6) is -2.28. The largest absolute Gasteiger partial charge is 0.391 e. The highest BCUT2D eigenvalue weighted by molar-refractivity contribution is 5.99. The summed E-state index contributed by atoms with van der Waals surface area (Å²) in [7, 11) is 0. The molecule has 1 aliphatic carbocycles. The van der Waals surface area contributed by atoms with E-state index in [1.165, 1.54) is 0 Å². The number of cyclic esters (lactones) is 2. The lowest BCUT2D eigenvalue weighted by molar-refractivity contribution is -0.154. The summed E-state index contributed by atoms with van der Waals surface area (Å²) in [5, 5.41) is 9.32. The molecule has 0 aromatic carbocycles. The lowest BCUT2D eigenvalue weighted by Gasteiger charge is -2.08. The van der Waals surface area contributed by atoms with Crippen LogP contribution in [0.3, 0.4) is 0 Å². The highest BCUT2D eigenvalue weighted by atomic mass is 16.6. The van der Waals surface area contributed by atoms with Crippen LogP contribution in [0.4, 0.5) is 0 Å². The first kappa shape index (κ1) is 8.19. The number of aliphatic hydroxyl groups excluding tert-OH is 1. The molecule has 0 aromatic heterocycles. The number of allylic oxidation sites excluding steroid dienone is 3. The third-order valence-electron chi connectivity index (χ3n) is 2.21. The van der Waals surface area contributed by atoms with Gasteiger partial charge in [0.05, 0.1) is 0 Å². The molecule has 0 saturated carbocycles. The van der Waals surface area contributed by atoms with Crippen LogP contribution in [0.15, 0.2) is 23.8 Å². The van der Waals surface area contributed by atoms with E-state index in [9.17, 15) is 14.7 Å². The number of rotatable bonds is 1. The predicted octanol–water partition coefficient (Wildman–Crippen LogP) is -0.0668. The molecule has 0 spiro atoms. The van der Waals surface area contributed by atoms with E-state index in [4.69, 9.17) is 0 Å². The molecule has 0 amide bonds. The van der Waals surface area contributed by atoms with E-state index >= 15 is 0 Å². The Morgan fingerprint density at radius 1 is 1.38 bits per heavy atom. The molecule has 4 nitrogen and oxygen atoms in total. The Kier molecular flexibility index (Phi) is 1.77. The molecule has 2 aliphatic rings. The SMILES string of the molecule is O=C1OC(=O)C(C2=CC=CC2)C1O. The molecule has 2 rings (SSSR count). The average Bonchev–Trinajstić information content (AvgIpc) is 2.63. The summed E-state index contributed by atoms with van der Waals surface area (Å²) in [4.78, 5) is 21.9. The highest BCUT2D eigenvalue weighted by Crippen LogP contribution is 2.29. The van der Waals surface area contributed by atoms with Crippen LogP contribution in [0.25, 0.3) is 0 Å². The zero-order valence-electron chi connectivity index (χ0n) is 6.77. The molecule has 0 aromatic rings. The standard InChI is InChI=1S/C9H8O4/c10-7-6(5-3-1-2-4-5)8(11)13-9(7)12/h1-3,6-7,10H,4H2. The van der Waals surface area contributed by atoms with Gasteiger partial charge >= 0.3 is 11.9 Å². The predicted molar refractivity (Wildman–Crippen MR) is 42.4 cm³/mol. The average molecular weight is 180 g/mol. The van der Waals surface area contributed by atoms with Crippen LogP contribution in [-0.2, 0) is 14.3 Å². The van der Waals surface area contributed by atoms with Gasteiger partial charge in [-0.25, -0.2) is 4.79 Å². The van der Waals surface area contributed by atoms with Gasteiger partial charge < -0.3 is 9.84 Å². The van der Waals surface area contributed by atoms with Crippen LogP contribution in [0, 0.1) is 5.92 Å². The molecule has 2 atom stereocenters. The molecule has 1 N–H and O–H groups in total. The first-order valence-corrected chi connectivity index (χ1v) is 3.99. The van der Waals surface area contributed by atoms with Gasteiger partial charge in [-0.05, 0) is 12.0 Å². The molecule has 1 fully saturated rings. The maximum absolute atomic E-state index is 11.1. The zero-order chi connectivity index (χ0) is 9.42. The second kappa shape index (κ2) is 2.81. The monoisotopic (exact) mass is 180 g/mol. The Labute approximate surface area is 74.5 Å². The molecule has 68 valence electrons. The minimum Gasteiger partial charge on any atom is -0.391 e. The Morgan fingerprint density at radius 2 is 2.15 bits per heavy atom. The second-order valence-electron chi connectivity index (χ2n) is 3.04. The molecule has 1 heterocycles. The van der Waals surface area contributed by atoms with Gasteiger partial charge in [0, 0.05) is 0 Å². The van der Waals surface area contributed by atoms with Crippen molar-refractivity contribution in [1.82, 2.24) is 0 Å². The summed E-state index contributed by atoms with van der Waals surface area (Å²) >= 11 is 0. The van der Waals surface area contributed by atoms with Crippen LogP contribution < -0.4 is 0 Å². The fourth-order valence-electron chi connectivity index (χ4n) is 1.54. The van der Waals surface area contributed by atoms with Gasteiger partial charge in [-0.15, -0.1) is 0 Å². The van der Waals surface area contributed by atoms with Gasteiger partial charge in [-0.3, -0.25) is 4.79 Å². The summed E-state index contributed by atoms with van der Waals surface area (Å²) in [6, 6.07) is 0. The Morgan fingerprint density at radius 3 is 2.62 bits per heavy atom. The first-order chi connectivity index (χ1) is 6.20. The van der Waals surface area contributed by atoms with Crippen LogP contribution in [-0.4, -0.2) is 23.1 Å². The van der Waals surface area contributed by atoms with Crippen LogP contribution in [0.1, 0.15) is 6.42 Å². The van der Waals surface area contributed by atoms with Crippen molar-refractivity contribution in [3.8, 4) is 0 Å². The summed E-state index contributed by atoms with van der Waals surface area (Å²) in [5.41, 5.74) is 0.739. The van der Waals surface area contributed by atoms with Crippen molar-refractivity contribution in [1.29, 1.82) is 0 Å². The summed E-state index contributed by atoms with van der Waals surface area (Å²) in [6.07, 6.45) is 4.66. The van der Waals surface area contributed by atoms with Crippen molar-refractivity contribution in [3.63, 3.8) is 0 Å². The molecule has 4 heteroatoms. The lowest BCUT2D eigenvalue weighted by Crippen LogP contribution is -2.24. The van der Waals surface area contributed by atoms with Gasteiger partial charge in [0.25, 0.3) is 0 Å². The van der Waals surface area contributed by atoms with E-state index in [-0.39, 0.29) is 0 Å². The van der Waals surface area contributed by atoms with Gasteiger partial charge in [0.2, 0.25) is 0 Å². The Hall–Kier alpha value is -1.42. The topological polar surface area (TPSA) is 63.6 Å². The van der Waals surface area contributed by atoms with Gasteiger partial charge in [-0.2, -0.15) is 0 Å². The van der Waals surface area contributed by atoms with Crippen molar-refractivity contribution >= 4 is 11.9 Å². The molecule has 1 aliphatic heterocycles. The summed E-state index contributed by atoms with van der Waals surface area (Å²) in [6.45, 7) is 0. The number of hydrogen-bond acceptors (Lipinski definition) is 4. The second-order valence-corrected chi connectivity index (χ2v) is 3.04. The third-order valence-corrected chi connectivity index (χ3v) is 2.21. The fraction of sp³-hybridized carbons (Fsp3) is 0.333. The van der Waals surface area contributed by atoms with Crippen molar-refractivity contribution in [2.75, 3.05) is 0 Å². The zero-order valence-corrected chi connectivity index (χ0v) is 6.77. The lowest BCUT2D eigenvalue weighted by atomic mass is 9.94. The fourth-order valence-corrected chi connectivity index (χ4v) is 1.54. The third kappa shape index (κ3) is 1.19. The van der Waals surface area contributed by atoms with Crippen molar-refractivity contribution in [2.24, 2.45) is 5.92 Å². The number of aliphatic hydroxyl groups is 1. The van der Waals surface area contributed by atoms with E-state index in [2.05, 4.69) is 4.74 Å². The Bertz CT molecular complexity index is 327. The molecule has 2 unspecified atom stereocenters. The van der Waals surface area contributed by atoms with E-state index in [0.29, 0.717) is 6.42 Å². The molecular weight excluding hydrogens is 172 g/mol. The number of esters is 2. The quantitative estimate of drug-likeness (QED) is 0.453. The first-order valence-electron chi connectivity index (χ1n) is 3.99. The maximum atomic E-state index is 11.1. The van der Waals surface area contributed by atoms with Crippen molar-refractivity contribution in [3.05, 3.63) is 23.8 Å². The van der Waals surface area contributed by atoms with Gasteiger partial charge in [0.15, 0.2) is 6.10 Å². The van der Waals surface area contributed by atoms with E-state index < -0.39 is 24.0 Å². The van der Waals surface area contributed by atoms with Crippen LogP contribution in [0.2, 0.25) is 0 Å². The summed E-state index contributed by atoms with van der Waals surface area (Å²) < 4.78 is 4.30. The van der Waals surface area contributed by atoms with E-state index in [0.717, 1.165) is 5.57 Å².